The summed E-state index contributed by atoms with van der Waals surface area (Å²) in [5.41, 5.74) is 10.0. The van der Waals surface area contributed by atoms with Crippen molar-refractivity contribution in [2.75, 3.05) is 24.5 Å². The summed E-state index contributed by atoms with van der Waals surface area (Å²) in [4.78, 5) is 30.5. The fraction of sp³-hybridized carbons (Fsp3) is 0.238. The van der Waals surface area contributed by atoms with Gasteiger partial charge in [-0.25, -0.2) is 0 Å². The summed E-state index contributed by atoms with van der Waals surface area (Å²) in [6.07, 6.45) is 0.943. The number of amides is 2. The lowest BCUT2D eigenvalue weighted by Gasteiger charge is -2.22. The van der Waals surface area contributed by atoms with Gasteiger partial charge in [-0.2, -0.15) is 0 Å². The third kappa shape index (κ3) is 3.43. The Hall–Kier alpha value is -2.64. The van der Waals surface area contributed by atoms with Crippen LogP contribution in [0, 0.1) is 0 Å². The molecule has 0 radical (unpaired) electrons. The molecule has 0 atom stereocenters. The van der Waals surface area contributed by atoms with Gasteiger partial charge in [-0.3, -0.25) is 9.59 Å². The van der Waals surface area contributed by atoms with Crippen molar-refractivity contribution in [1.29, 1.82) is 0 Å². The van der Waals surface area contributed by atoms with Crippen molar-refractivity contribution in [2.24, 2.45) is 5.73 Å². The second-order valence-corrected chi connectivity index (χ2v) is 7.75. The molecule has 0 saturated heterocycles. The fourth-order valence-corrected chi connectivity index (χ4v) is 4.00. The molecule has 2 amide bonds. The monoisotopic (exact) mass is 440 g/mol. The van der Waals surface area contributed by atoms with E-state index in [2.05, 4.69) is 26.2 Å². The number of benzene rings is 2. The minimum atomic E-state index is -0.185. The molecule has 4 N–H and O–H groups in total. The number of rotatable bonds is 5. The minimum Gasteiger partial charge on any atom is -0.355 e. The molecule has 1 aliphatic rings. The van der Waals surface area contributed by atoms with Crippen molar-refractivity contribution in [3.8, 4) is 11.3 Å². The third-order valence-corrected chi connectivity index (χ3v) is 5.46. The summed E-state index contributed by atoms with van der Waals surface area (Å²) in [5.74, 6) is -0.282. The van der Waals surface area contributed by atoms with Crippen molar-refractivity contribution >= 4 is 44.3 Å². The van der Waals surface area contributed by atoms with Gasteiger partial charge in [0.05, 0.1) is 17.8 Å². The molecule has 2 heterocycles. The molecule has 0 spiro atoms. The number of anilines is 1. The summed E-state index contributed by atoms with van der Waals surface area (Å²) in [7, 11) is 0. The number of carbonyl (C=O) groups is 2. The second kappa shape index (κ2) is 7.77. The van der Waals surface area contributed by atoms with E-state index in [9.17, 15) is 9.59 Å². The Balaban J connectivity index is 1.75. The smallest absolute Gasteiger partial charge is 0.240 e. The SMILES string of the molecule is NCCCNC(=O)CN1C(=O)Cc2c([nH]c3ccc(Br)cc23)-c2ccccc21. The zero-order valence-corrected chi connectivity index (χ0v) is 16.9. The van der Waals surface area contributed by atoms with E-state index in [1.807, 2.05) is 42.5 Å². The third-order valence-electron chi connectivity index (χ3n) is 4.97. The van der Waals surface area contributed by atoms with Crippen molar-refractivity contribution in [1.82, 2.24) is 10.3 Å². The maximum atomic E-state index is 13.1. The van der Waals surface area contributed by atoms with Gasteiger partial charge in [0, 0.05) is 27.5 Å². The Morgan fingerprint density at radius 1 is 1.25 bits per heavy atom. The predicted molar refractivity (Wildman–Crippen MR) is 114 cm³/mol. The largest absolute Gasteiger partial charge is 0.355 e. The number of fused-ring (bicyclic) bond motifs is 5. The highest BCUT2D eigenvalue weighted by Gasteiger charge is 2.29. The number of hydrogen-bond donors (Lipinski definition) is 3. The number of H-pyrrole nitrogens is 1. The molecule has 0 aliphatic carbocycles. The van der Waals surface area contributed by atoms with E-state index in [4.69, 9.17) is 5.73 Å². The highest BCUT2D eigenvalue weighted by atomic mass is 79.9. The predicted octanol–water partition coefficient (Wildman–Crippen LogP) is 2.95. The van der Waals surface area contributed by atoms with Crippen molar-refractivity contribution in [3.63, 3.8) is 0 Å². The van der Waals surface area contributed by atoms with E-state index >= 15 is 0 Å². The van der Waals surface area contributed by atoms with Crippen LogP contribution in [-0.4, -0.2) is 36.4 Å². The van der Waals surface area contributed by atoms with Crippen LogP contribution in [0.5, 0.6) is 0 Å². The van der Waals surface area contributed by atoms with Gasteiger partial charge in [-0.05, 0) is 42.8 Å². The molecule has 0 saturated carbocycles. The molecule has 4 rings (SSSR count). The Labute approximate surface area is 171 Å². The molecule has 0 fully saturated rings. The molecule has 28 heavy (non-hydrogen) atoms. The molecule has 0 bridgehead atoms. The van der Waals surface area contributed by atoms with E-state index in [0.29, 0.717) is 19.5 Å². The van der Waals surface area contributed by atoms with E-state index in [0.717, 1.165) is 37.9 Å². The number of carbonyl (C=O) groups excluding carboxylic acids is 2. The average molecular weight is 441 g/mol. The first-order valence-electron chi connectivity index (χ1n) is 9.25. The quantitative estimate of drug-likeness (QED) is 0.532. The first kappa shape index (κ1) is 18.7. The number of aromatic amines is 1. The summed E-state index contributed by atoms with van der Waals surface area (Å²) >= 11 is 3.51. The number of aromatic nitrogens is 1. The first-order chi connectivity index (χ1) is 13.6. The lowest BCUT2D eigenvalue weighted by molar-refractivity contribution is -0.123. The summed E-state index contributed by atoms with van der Waals surface area (Å²) in [6.45, 7) is 1.02. The van der Waals surface area contributed by atoms with Gasteiger partial charge in [0.25, 0.3) is 0 Å². The van der Waals surface area contributed by atoms with Crippen LogP contribution in [0.4, 0.5) is 5.69 Å². The van der Waals surface area contributed by atoms with Gasteiger partial charge < -0.3 is 20.9 Å². The molecule has 3 aromatic rings. The lowest BCUT2D eigenvalue weighted by Crippen LogP contribution is -2.41. The Kier molecular flexibility index (Phi) is 5.19. The standard InChI is InChI=1S/C21H21BrN4O2/c22-13-6-7-17-15(10-13)16-11-20(28)26(12-19(27)24-9-3-8-23)18-5-2-1-4-14(18)21(16)25-17/h1-2,4-7,10,25H,3,8-9,11-12,23H2,(H,24,27). The number of halogens is 1. The zero-order valence-electron chi connectivity index (χ0n) is 15.3. The maximum absolute atomic E-state index is 13.1. The molecular weight excluding hydrogens is 420 g/mol. The Morgan fingerprint density at radius 2 is 2.07 bits per heavy atom. The molecule has 144 valence electrons. The van der Waals surface area contributed by atoms with Crippen LogP contribution in [0.15, 0.2) is 46.9 Å². The molecule has 2 aromatic carbocycles. The molecule has 0 unspecified atom stereocenters. The van der Waals surface area contributed by atoms with Crippen LogP contribution in [0.2, 0.25) is 0 Å². The summed E-state index contributed by atoms with van der Waals surface area (Å²) in [6, 6.07) is 13.7. The fourth-order valence-electron chi connectivity index (χ4n) is 3.64. The van der Waals surface area contributed by atoms with E-state index in [1.54, 1.807) is 4.90 Å². The zero-order chi connectivity index (χ0) is 19.7. The highest BCUT2D eigenvalue weighted by Crippen LogP contribution is 2.40. The number of nitrogens with two attached hydrogens (primary N) is 1. The summed E-state index contributed by atoms with van der Waals surface area (Å²) in [5, 5.41) is 3.84. The van der Waals surface area contributed by atoms with Crippen LogP contribution >= 0.6 is 15.9 Å². The summed E-state index contributed by atoms with van der Waals surface area (Å²) < 4.78 is 0.961. The van der Waals surface area contributed by atoms with E-state index < -0.39 is 0 Å². The maximum Gasteiger partial charge on any atom is 0.240 e. The minimum absolute atomic E-state index is 0.00762. The average Bonchev–Trinajstić information content (AvgIpc) is 2.98. The van der Waals surface area contributed by atoms with Gasteiger partial charge in [0.2, 0.25) is 11.8 Å². The molecule has 7 heteroatoms. The molecule has 1 aromatic heterocycles. The lowest BCUT2D eigenvalue weighted by atomic mass is 10.0. The van der Waals surface area contributed by atoms with Gasteiger partial charge in [-0.15, -0.1) is 0 Å². The Bertz CT molecular complexity index is 1060. The highest BCUT2D eigenvalue weighted by molar-refractivity contribution is 9.10. The van der Waals surface area contributed by atoms with Gasteiger partial charge >= 0.3 is 0 Å². The Morgan fingerprint density at radius 3 is 2.89 bits per heavy atom. The number of nitrogens with zero attached hydrogens (tertiary/aromatic N) is 1. The normalized spacial score (nSPS) is 13.2. The number of hydrogen-bond acceptors (Lipinski definition) is 3. The van der Waals surface area contributed by atoms with Gasteiger partial charge in [0.1, 0.15) is 6.54 Å². The van der Waals surface area contributed by atoms with Gasteiger partial charge in [-0.1, -0.05) is 34.1 Å². The molecule has 1 aliphatic heterocycles. The van der Waals surface area contributed by atoms with Crippen LogP contribution in [0.25, 0.3) is 22.2 Å². The van der Waals surface area contributed by atoms with Crippen molar-refractivity contribution < 1.29 is 9.59 Å². The number of nitrogens with one attached hydrogen (secondary N) is 2. The molecular formula is C21H21BrN4O2. The van der Waals surface area contributed by atoms with E-state index in [1.165, 1.54) is 0 Å². The van der Waals surface area contributed by atoms with Crippen LogP contribution in [-0.2, 0) is 16.0 Å². The number of para-hydroxylation sites is 1. The second-order valence-electron chi connectivity index (χ2n) is 6.83. The first-order valence-corrected chi connectivity index (χ1v) is 10.0. The topological polar surface area (TPSA) is 91.2 Å². The van der Waals surface area contributed by atoms with Crippen molar-refractivity contribution in [2.45, 2.75) is 12.8 Å². The van der Waals surface area contributed by atoms with Crippen LogP contribution in [0.1, 0.15) is 12.0 Å². The van der Waals surface area contributed by atoms with Crippen molar-refractivity contribution in [3.05, 3.63) is 52.5 Å². The van der Waals surface area contributed by atoms with Gasteiger partial charge in [0.15, 0.2) is 0 Å². The van der Waals surface area contributed by atoms with Crippen LogP contribution in [0.3, 0.4) is 0 Å². The van der Waals surface area contributed by atoms with Crippen LogP contribution < -0.4 is 16.0 Å². The molecule has 6 nitrogen and oxygen atoms in total. The van der Waals surface area contributed by atoms with E-state index in [-0.39, 0.29) is 24.8 Å².